The summed E-state index contributed by atoms with van der Waals surface area (Å²) in [6.45, 7) is 3.55. The molecule has 4 atom stereocenters. The van der Waals surface area contributed by atoms with Gasteiger partial charge in [-0.05, 0) is 51.4 Å². The minimum atomic E-state index is -4.41. The van der Waals surface area contributed by atoms with Gasteiger partial charge in [-0.2, -0.15) is 0 Å². The molecule has 0 spiro atoms. The van der Waals surface area contributed by atoms with Gasteiger partial charge in [0.1, 0.15) is 6.61 Å². The SMILES string of the molecule is CC/C=C\CC1OC1C/C=C\C/C=C\C/C=C\C/C=C\CCC(=O)O[C@H](COC(=O)CCCCCCCCCCCCCCCCCCCCCCC)COP(=O)(O)OCCN. The van der Waals surface area contributed by atoms with Crippen LogP contribution in [0.2, 0.25) is 0 Å². The predicted octanol–water partition coefficient (Wildman–Crippen LogP) is 13.8. The standard InChI is InChI=1S/C51H90NO9P/c1-3-5-7-8-9-10-11-12-13-14-15-16-17-18-19-20-24-27-30-33-37-41-50(53)57-45-47(46-59-62(55,56)58-44-43-52)60-51(54)42-38-34-31-28-25-22-21-23-26-29-32-36-40-49-48(61-49)39-35-6-4-2/h6,22-23,25-26,31-32,34-36,47-49H,3-5,7-21,24,27-30,33,37-46,52H2,1-2H3,(H,55,56)/b25-22-,26-23-,34-31-,35-6-,36-32-/t47-,48?,49?/m1/s1. The Bertz CT molecular complexity index is 1270. The van der Waals surface area contributed by atoms with Crippen molar-refractivity contribution in [3.63, 3.8) is 0 Å². The number of hydrogen-bond donors (Lipinski definition) is 2. The third-order valence-corrected chi connectivity index (χ3v) is 11.8. The quantitative estimate of drug-likeness (QED) is 0.0199. The van der Waals surface area contributed by atoms with Gasteiger partial charge in [0.05, 0.1) is 25.4 Å². The van der Waals surface area contributed by atoms with Crippen LogP contribution in [0.15, 0.2) is 60.8 Å². The maximum absolute atomic E-state index is 12.6. The highest BCUT2D eigenvalue weighted by Gasteiger charge is 2.36. The Hall–Kier alpha value is -2.33. The summed E-state index contributed by atoms with van der Waals surface area (Å²) in [5.74, 6) is -0.926. The van der Waals surface area contributed by atoms with Crippen molar-refractivity contribution in [3.8, 4) is 0 Å². The molecule has 1 rings (SSSR count). The number of phosphoric ester groups is 1. The van der Waals surface area contributed by atoms with Gasteiger partial charge in [0.2, 0.25) is 0 Å². The van der Waals surface area contributed by atoms with Crippen molar-refractivity contribution >= 4 is 19.8 Å². The van der Waals surface area contributed by atoms with Gasteiger partial charge in [-0.3, -0.25) is 18.6 Å². The van der Waals surface area contributed by atoms with E-state index in [0.29, 0.717) is 18.6 Å². The Morgan fingerprint density at radius 3 is 1.52 bits per heavy atom. The summed E-state index contributed by atoms with van der Waals surface area (Å²) < 4.78 is 38.5. The monoisotopic (exact) mass is 892 g/mol. The van der Waals surface area contributed by atoms with E-state index in [4.69, 9.17) is 29.0 Å². The van der Waals surface area contributed by atoms with E-state index in [1.807, 2.05) is 12.2 Å². The number of carbonyl (C=O) groups excluding carboxylic acids is 2. The highest BCUT2D eigenvalue weighted by atomic mass is 31.2. The molecule has 1 aliphatic rings. The van der Waals surface area contributed by atoms with Gasteiger partial charge in [0.25, 0.3) is 0 Å². The maximum Gasteiger partial charge on any atom is 0.472 e. The lowest BCUT2D eigenvalue weighted by molar-refractivity contribution is -0.161. The normalized spacial score (nSPS) is 17.0. The van der Waals surface area contributed by atoms with E-state index in [-0.39, 0.29) is 32.6 Å². The number of ether oxygens (including phenoxy) is 3. The summed E-state index contributed by atoms with van der Waals surface area (Å²) in [7, 11) is -4.41. The zero-order chi connectivity index (χ0) is 45.0. The number of esters is 2. The largest absolute Gasteiger partial charge is 0.472 e. The third-order valence-electron chi connectivity index (χ3n) is 10.8. The first kappa shape index (κ1) is 57.7. The van der Waals surface area contributed by atoms with Crippen LogP contribution in [0.5, 0.6) is 0 Å². The van der Waals surface area contributed by atoms with Gasteiger partial charge in [0.15, 0.2) is 6.10 Å². The van der Waals surface area contributed by atoms with Crippen LogP contribution in [0.3, 0.4) is 0 Å². The number of nitrogens with two attached hydrogens (primary N) is 1. The van der Waals surface area contributed by atoms with Crippen molar-refractivity contribution in [3.05, 3.63) is 60.8 Å². The summed E-state index contributed by atoms with van der Waals surface area (Å²) in [5, 5.41) is 0. The first-order valence-corrected chi connectivity index (χ1v) is 26.4. The van der Waals surface area contributed by atoms with E-state index in [0.717, 1.165) is 57.8 Å². The lowest BCUT2D eigenvalue weighted by Gasteiger charge is -2.19. The summed E-state index contributed by atoms with van der Waals surface area (Å²) in [6.07, 6.45) is 54.6. The Balaban J connectivity index is 2.15. The molecule has 62 heavy (non-hydrogen) atoms. The van der Waals surface area contributed by atoms with Gasteiger partial charge in [-0.15, -0.1) is 0 Å². The van der Waals surface area contributed by atoms with Crippen molar-refractivity contribution in [2.75, 3.05) is 26.4 Å². The lowest BCUT2D eigenvalue weighted by Crippen LogP contribution is -2.29. The van der Waals surface area contributed by atoms with Crippen LogP contribution in [0.1, 0.15) is 206 Å². The van der Waals surface area contributed by atoms with E-state index in [1.54, 1.807) is 0 Å². The van der Waals surface area contributed by atoms with Gasteiger partial charge < -0.3 is 24.8 Å². The van der Waals surface area contributed by atoms with Crippen molar-refractivity contribution < 1.29 is 42.3 Å². The van der Waals surface area contributed by atoms with Crippen LogP contribution in [0, 0.1) is 0 Å². The molecule has 3 N–H and O–H groups in total. The van der Waals surface area contributed by atoms with Gasteiger partial charge in [0, 0.05) is 19.4 Å². The molecule has 1 aliphatic heterocycles. The fourth-order valence-electron chi connectivity index (χ4n) is 7.06. The van der Waals surface area contributed by atoms with Crippen molar-refractivity contribution in [1.29, 1.82) is 0 Å². The summed E-state index contributed by atoms with van der Waals surface area (Å²) in [6, 6.07) is 0. The molecule has 0 aliphatic carbocycles. The molecule has 1 heterocycles. The molecule has 0 aromatic heterocycles. The fourth-order valence-corrected chi connectivity index (χ4v) is 7.82. The molecular formula is C51H90NO9P. The highest BCUT2D eigenvalue weighted by molar-refractivity contribution is 7.47. The van der Waals surface area contributed by atoms with Crippen LogP contribution < -0.4 is 5.73 Å². The number of phosphoric acid groups is 1. The average Bonchev–Trinajstić information content (AvgIpc) is 4.02. The number of hydrogen-bond acceptors (Lipinski definition) is 9. The smallest absolute Gasteiger partial charge is 0.462 e. The summed E-state index contributed by atoms with van der Waals surface area (Å²) in [5.41, 5.74) is 5.36. The third kappa shape index (κ3) is 39.3. The molecule has 358 valence electrons. The molecular weight excluding hydrogens is 802 g/mol. The molecule has 0 radical (unpaired) electrons. The Morgan fingerprint density at radius 2 is 1.03 bits per heavy atom. The van der Waals surface area contributed by atoms with Crippen LogP contribution in [0.4, 0.5) is 0 Å². The highest BCUT2D eigenvalue weighted by Crippen LogP contribution is 2.43. The lowest BCUT2D eigenvalue weighted by atomic mass is 10.0. The van der Waals surface area contributed by atoms with Crippen molar-refractivity contribution in [2.45, 2.75) is 225 Å². The van der Waals surface area contributed by atoms with E-state index < -0.39 is 32.5 Å². The van der Waals surface area contributed by atoms with Gasteiger partial charge in [-0.1, -0.05) is 203 Å². The zero-order valence-corrected chi connectivity index (χ0v) is 40.2. The van der Waals surface area contributed by atoms with Crippen molar-refractivity contribution in [2.24, 2.45) is 5.73 Å². The molecule has 3 unspecified atom stereocenters. The van der Waals surface area contributed by atoms with E-state index in [1.165, 1.54) is 116 Å². The second-order valence-electron chi connectivity index (χ2n) is 16.7. The van der Waals surface area contributed by atoms with Crippen LogP contribution in [-0.2, 0) is 37.4 Å². The first-order valence-electron chi connectivity index (χ1n) is 24.9. The molecule has 10 nitrogen and oxygen atoms in total. The minimum absolute atomic E-state index is 0.0388. The summed E-state index contributed by atoms with van der Waals surface area (Å²) >= 11 is 0. The zero-order valence-electron chi connectivity index (χ0n) is 39.3. The number of allylic oxidation sites excluding steroid dienone is 8. The second-order valence-corrected chi connectivity index (χ2v) is 18.2. The topological polar surface area (TPSA) is 147 Å². The number of epoxide rings is 1. The molecule has 1 saturated heterocycles. The maximum atomic E-state index is 12.6. The van der Waals surface area contributed by atoms with E-state index in [9.17, 15) is 19.0 Å². The Morgan fingerprint density at radius 1 is 0.581 bits per heavy atom. The van der Waals surface area contributed by atoms with Crippen molar-refractivity contribution in [1.82, 2.24) is 0 Å². The molecule has 0 aromatic rings. The molecule has 0 bridgehead atoms. The molecule has 1 fully saturated rings. The minimum Gasteiger partial charge on any atom is -0.462 e. The second kappa shape index (κ2) is 42.6. The predicted molar refractivity (Wildman–Crippen MR) is 256 cm³/mol. The molecule has 0 aromatic carbocycles. The van der Waals surface area contributed by atoms with Gasteiger partial charge >= 0.3 is 19.8 Å². The average molecular weight is 892 g/mol. The molecule has 0 amide bonds. The van der Waals surface area contributed by atoms with Crippen LogP contribution in [0.25, 0.3) is 0 Å². The Kier molecular flexibility index (Phi) is 39.6. The van der Waals surface area contributed by atoms with Gasteiger partial charge in [-0.25, -0.2) is 4.57 Å². The summed E-state index contributed by atoms with van der Waals surface area (Å²) in [4.78, 5) is 35.0. The number of rotatable bonds is 45. The van der Waals surface area contributed by atoms with Crippen LogP contribution >= 0.6 is 7.82 Å². The number of unbranched alkanes of at least 4 members (excludes halogenated alkanes) is 20. The number of carbonyl (C=O) groups is 2. The molecule has 0 saturated carbocycles. The van der Waals surface area contributed by atoms with Crippen LogP contribution in [-0.4, -0.2) is 61.5 Å². The Labute approximate surface area is 378 Å². The van der Waals surface area contributed by atoms with E-state index >= 15 is 0 Å². The molecule has 11 heteroatoms. The van der Waals surface area contributed by atoms with E-state index in [2.05, 4.69) is 62.5 Å². The first-order chi connectivity index (χ1) is 30.3. The fraction of sp³-hybridized carbons (Fsp3) is 0.765.